The minimum absolute atomic E-state index is 0.0931. The number of amides is 1. The molecule has 1 amide bonds. The van der Waals surface area contributed by atoms with Crippen LogP contribution in [0.5, 0.6) is 0 Å². The number of aliphatic carboxylic acids is 1. The lowest BCUT2D eigenvalue weighted by Gasteiger charge is -2.35. The number of carboxylic acid groups (broad SMARTS) is 1. The lowest BCUT2D eigenvalue weighted by Crippen LogP contribution is -2.50. The zero-order chi connectivity index (χ0) is 15.1. The molecule has 0 radical (unpaired) electrons. The van der Waals surface area contributed by atoms with Gasteiger partial charge in [0.2, 0.25) is 5.91 Å². The molecular formula is C15H28N2O3. The first-order valence-electron chi connectivity index (χ1n) is 7.70. The number of nitrogens with zero attached hydrogens (tertiary/aromatic N) is 1. The van der Waals surface area contributed by atoms with Crippen LogP contribution in [-0.4, -0.2) is 47.1 Å². The molecule has 5 heteroatoms. The van der Waals surface area contributed by atoms with Crippen molar-refractivity contribution in [2.75, 3.05) is 13.1 Å². The zero-order valence-electron chi connectivity index (χ0n) is 12.9. The molecule has 2 unspecified atom stereocenters. The van der Waals surface area contributed by atoms with Crippen LogP contribution in [0, 0.1) is 5.92 Å². The van der Waals surface area contributed by atoms with Crippen LogP contribution in [0.4, 0.5) is 0 Å². The van der Waals surface area contributed by atoms with Crippen molar-refractivity contribution in [1.82, 2.24) is 10.2 Å². The number of carboxylic acids is 1. The van der Waals surface area contributed by atoms with E-state index in [1.165, 1.54) is 0 Å². The Morgan fingerprint density at radius 2 is 1.90 bits per heavy atom. The fourth-order valence-corrected chi connectivity index (χ4v) is 2.59. The Morgan fingerprint density at radius 3 is 2.40 bits per heavy atom. The molecule has 20 heavy (non-hydrogen) atoms. The largest absolute Gasteiger partial charge is 0.481 e. The third-order valence-electron chi connectivity index (χ3n) is 4.34. The molecule has 1 fully saturated rings. The van der Waals surface area contributed by atoms with Crippen LogP contribution in [0.15, 0.2) is 0 Å². The van der Waals surface area contributed by atoms with Crippen molar-refractivity contribution in [2.45, 2.75) is 65.0 Å². The molecule has 2 atom stereocenters. The topological polar surface area (TPSA) is 69.6 Å². The first-order valence-corrected chi connectivity index (χ1v) is 7.70. The fraction of sp³-hybridized carbons (Fsp3) is 0.867. The van der Waals surface area contributed by atoms with Crippen LogP contribution < -0.4 is 5.32 Å². The van der Waals surface area contributed by atoms with Crippen molar-refractivity contribution < 1.29 is 14.7 Å². The highest BCUT2D eigenvalue weighted by Crippen LogP contribution is 2.23. The van der Waals surface area contributed by atoms with Crippen molar-refractivity contribution >= 4 is 11.9 Å². The number of carbonyl (C=O) groups is 2. The third-order valence-corrected chi connectivity index (χ3v) is 4.34. The molecule has 5 nitrogen and oxygen atoms in total. The lowest BCUT2D eigenvalue weighted by molar-refractivity contribution is -0.137. The fourth-order valence-electron chi connectivity index (χ4n) is 2.59. The Labute approximate surface area is 121 Å². The van der Waals surface area contributed by atoms with Crippen LogP contribution in [0.2, 0.25) is 0 Å². The third kappa shape index (κ3) is 5.49. The standard InChI is InChI=1S/C15H28N2O3/c1-4-11(2)16-15(20)12(3)17-9-7-13(8-10-17)5-6-14(18)19/h11-13H,4-10H2,1-3H3,(H,16,20)(H,18,19). The number of rotatable bonds is 7. The smallest absolute Gasteiger partial charge is 0.303 e. The van der Waals surface area contributed by atoms with E-state index < -0.39 is 5.97 Å². The van der Waals surface area contributed by atoms with Gasteiger partial charge in [-0.1, -0.05) is 6.92 Å². The SMILES string of the molecule is CCC(C)NC(=O)C(C)N1CCC(CCC(=O)O)CC1. The van der Waals surface area contributed by atoms with Crippen LogP contribution in [-0.2, 0) is 9.59 Å². The second kappa shape index (κ2) is 8.25. The van der Waals surface area contributed by atoms with E-state index in [1.54, 1.807) is 0 Å². The van der Waals surface area contributed by atoms with Gasteiger partial charge in [-0.15, -0.1) is 0 Å². The summed E-state index contributed by atoms with van der Waals surface area (Å²) in [5.41, 5.74) is 0. The molecule has 1 saturated heterocycles. The molecule has 1 aliphatic rings. The molecule has 0 aliphatic carbocycles. The van der Waals surface area contributed by atoms with E-state index in [4.69, 9.17) is 5.11 Å². The van der Waals surface area contributed by atoms with E-state index in [0.717, 1.165) is 38.8 Å². The summed E-state index contributed by atoms with van der Waals surface area (Å²) in [7, 11) is 0. The van der Waals surface area contributed by atoms with E-state index in [2.05, 4.69) is 17.1 Å². The Morgan fingerprint density at radius 1 is 1.30 bits per heavy atom. The van der Waals surface area contributed by atoms with Crippen LogP contribution in [0.3, 0.4) is 0 Å². The average Bonchev–Trinajstić information content (AvgIpc) is 2.44. The van der Waals surface area contributed by atoms with Crippen molar-refractivity contribution in [3.63, 3.8) is 0 Å². The van der Waals surface area contributed by atoms with E-state index in [9.17, 15) is 9.59 Å². The summed E-state index contributed by atoms with van der Waals surface area (Å²) < 4.78 is 0. The summed E-state index contributed by atoms with van der Waals surface area (Å²) in [6.07, 6.45) is 3.95. The summed E-state index contributed by atoms with van der Waals surface area (Å²) in [5, 5.41) is 11.7. The summed E-state index contributed by atoms with van der Waals surface area (Å²) >= 11 is 0. The summed E-state index contributed by atoms with van der Waals surface area (Å²) in [6, 6.07) is 0.127. The molecule has 0 aromatic carbocycles. The molecule has 0 saturated carbocycles. The summed E-state index contributed by atoms with van der Waals surface area (Å²) in [6.45, 7) is 7.81. The van der Waals surface area contributed by atoms with Gasteiger partial charge in [-0.25, -0.2) is 0 Å². The molecule has 116 valence electrons. The molecule has 0 spiro atoms. The molecule has 0 aromatic heterocycles. The molecule has 2 N–H and O–H groups in total. The number of hydrogen-bond donors (Lipinski definition) is 2. The van der Waals surface area contributed by atoms with E-state index in [1.807, 2.05) is 13.8 Å². The Kier molecular flexibility index (Phi) is 6.99. The maximum Gasteiger partial charge on any atom is 0.303 e. The quantitative estimate of drug-likeness (QED) is 0.749. The van der Waals surface area contributed by atoms with Gasteiger partial charge in [0.1, 0.15) is 0 Å². The molecular weight excluding hydrogens is 256 g/mol. The summed E-state index contributed by atoms with van der Waals surface area (Å²) in [4.78, 5) is 24.9. The van der Waals surface area contributed by atoms with E-state index in [-0.39, 0.29) is 24.4 Å². The molecule has 0 bridgehead atoms. The number of carbonyl (C=O) groups excluding carboxylic acids is 1. The van der Waals surface area contributed by atoms with Crippen molar-refractivity contribution in [2.24, 2.45) is 5.92 Å². The van der Waals surface area contributed by atoms with Gasteiger partial charge in [0.05, 0.1) is 6.04 Å². The van der Waals surface area contributed by atoms with Gasteiger partial charge in [0, 0.05) is 12.5 Å². The highest BCUT2D eigenvalue weighted by molar-refractivity contribution is 5.81. The number of hydrogen-bond acceptors (Lipinski definition) is 3. The Balaban J connectivity index is 2.33. The van der Waals surface area contributed by atoms with Crippen LogP contribution in [0.25, 0.3) is 0 Å². The molecule has 0 aromatic rings. The van der Waals surface area contributed by atoms with Crippen molar-refractivity contribution in [3.05, 3.63) is 0 Å². The van der Waals surface area contributed by atoms with Gasteiger partial charge in [0.25, 0.3) is 0 Å². The molecule has 1 heterocycles. The number of piperidine rings is 1. The van der Waals surface area contributed by atoms with Gasteiger partial charge in [-0.3, -0.25) is 14.5 Å². The predicted molar refractivity (Wildman–Crippen MR) is 78.5 cm³/mol. The van der Waals surface area contributed by atoms with E-state index >= 15 is 0 Å². The number of likely N-dealkylation sites (tertiary alicyclic amines) is 1. The Bertz CT molecular complexity index is 325. The summed E-state index contributed by atoms with van der Waals surface area (Å²) in [5.74, 6) is -0.121. The van der Waals surface area contributed by atoms with Crippen LogP contribution in [0.1, 0.15) is 52.9 Å². The minimum Gasteiger partial charge on any atom is -0.481 e. The minimum atomic E-state index is -0.714. The molecule has 1 aliphatic heterocycles. The van der Waals surface area contributed by atoms with Gasteiger partial charge < -0.3 is 10.4 Å². The Hall–Kier alpha value is -1.10. The maximum atomic E-state index is 12.1. The normalized spacial score (nSPS) is 20.4. The van der Waals surface area contributed by atoms with Gasteiger partial charge in [0.15, 0.2) is 0 Å². The maximum absolute atomic E-state index is 12.1. The number of nitrogens with one attached hydrogen (secondary N) is 1. The monoisotopic (exact) mass is 284 g/mol. The van der Waals surface area contributed by atoms with Gasteiger partial charge in [-0.05, 0) is 58.5 Å². The lowest BCUT2D eigenvalue weighted by atomic mass is 9.91. The predicted octanol–water partition coefficient (Wildman–Crippen LogP) is 1.87. The average molecular weight is 284 g/mol. The second-order valence-electron chi connectivity index (χ2n) is 5.91. The van der Waals surface area contributed by atoms with Crippen LogP contribution >= 0.6 is 0 Å². The zero-order valence-corrected chi connectivity index (χ0v) is 12.9. The molecule has 1 rings (SSSR count). The van der Waals surface area contributed by atoms with Crippen molar-refractivity contribution in [1.29, 1.82) is 0 Å². The first kappa shape index (κ1) is 17.0. The highest BCUT2D eigenvalue weighted by atomic mass is 16.4. The second-order valence-corrected chi connectivity index (χ2v) is 5.91. The van der Waals surface area contributed by atoms with Gasteiger partial charge >= 0.3 is 5.97 Å². The van der Waals surface area contributed by atoms with Gasteiger partial charge in [-0.2, -0.15) is 0 Å². The van der Waals surface area contributed by atoms with E-state index in [0.29, 0.717) is 5.92 Å². The highest BCUT2D eigenvalue weighted by Gasteiger charge is 2.27. The van der Waals surface area contributed by atoms with Crippen molar-refractivity contribution in [3.8, 4) is 0 Å². The first-order chi connectivity index (χ1) is 9.43.